The summed E-state index contributed by atoms with van der Waals surface area (Å²) in [5.74, 6) is -0.900. The SMILES string of the molecule is O=C(O)c1ccc(C2=CNCN2)cc1. The molecule has 0 aromatic heterocycles. The van der Waals surface area contributed by atoms with Crippen LogP contribution in [0, 0.1) is 0 Å². The van der Waals surface area contributed by atoms with Crippen LogP contribution in [-0.4, -0.2) is 17.7 Å². The zero-order valence-electron chi connectivity index (χ0n) is 7.45. The number of carbonyl (C=O) groups is 1. The van der Waals surface area contributed by atoms with Crippen molar-refractivity contribution in [3.63, 3.8) is 0 Å². The molecule has 1 aromatic carbocycles. The van der Waals surface area contributed by atoms with Crippen molar-refractivity contribution < 1.29 is 9.90 Å². The van der Waals surface area contributed by atoms with Gasteiger partial charge in [0.15, 0.2) is 0 Å². The van der Waals surface area contributed by atoms with Crippen LogP contribution in [0.3, 0.4) is 0 Å². The van der Waals surface area contributed by atoms with E-state index in [0.29, 0.717) is 5.56 Å². The smallest absolute Gasteiger partial charge is 0.335 e. The minimum atomic E-state index is -0.900. The topological polar surface area (TPSA) is 61.4 Å². The fraction of sp³-hybridized carbons (Fsp3) is 0.100. The Morgan fingerprint density at radius 2 is 2.00 bits per heavy atom. The molecule has 1 heterocycles. The highest BCUT2D eigenvalue weighted by Gasteiger charge is 2.06. The molecule has 1 aromatic rings. The maximum atomic E-state index is 10.6. The highest BCUT2D eigenvalue weighted by atomic mass is 16.4. The Labute approximate surface area is 81.3 Å². The first-order valence-corrected chi connectivity index (χ1v) is 4.28. The van der Waals surface area contributed by atoms with Crippen LogP contribution < -0.4 is 10.6 Å². The number of carboxylic acids is 1. The van der Waals surface area contributed by atoms with Crippen LogP contribution in [0.1, 0.15) is 15.9 Å². The van der Waals surface area contributed by atoms with Crippen molar-refractivity contribution in [1.82, 2.24) is 10.6 Å². The lowest BCUT2D eigenvalue weighted by molar-refractivity contribution is 0.0697. The summed E-state index contributed by atoms with van der Waals surface area (Å²) in [7, 11) is 0. The van der Waals surface area contributed by atoms with Gasteiger partial charge >= 0.3 is 5.97 Å². The van der Waals surface area contributed by atoms with Crippen molar-refractivity contribution >= 4 is 11.7 Å². The molecule has 0 amide bonds. The van der Waals surface area contributed by atoms with Gasteiger partial charge in [0.25, 0.3) is 0 Å². The summed E-state index contributed by atoms with van der Waals surface area (Å²) in [6.07, 6.45) is 1.87. The van der Waals surface area contributed by atoms with E-state index < -0.39 is 5.97 Å². The molecule has 0 spiro atoms. The molecule has 0 saturated heterocycles. The second-order valence-corrected chi connectivity index (χ2v) is 3.00. The summed E-state index contributed by atoms with van der Waals surface area (Å²) in [6.45, 7) is 0.718. The van der Waals surface area contributed by atoms with E-state index in [-0.39, 0.29) is 0 Å². The van der Waals surface area contributed by atoms with Crippen molar-refractivity contribution in [1.29, 1.82) is 0 Å². The number of hydrogen-bond acceptors (Lipinski definition) is 3. The van der Waals surface area contributed by atoms with Crippen LogP contribution in [-0.2, 0) is 0 Å². The van der Waals surface area contributed by atoms with E-state index in [1.165, 1.54) is 0 Å². The molecular weight excluding hydrogens is 180 g/mol. The van der Waals surface area contributed by atoms with E-state index in [0.717, 1.165) is 17.9 Å². The molecule has 4 nitrogen and oxygen atoms in total. The highest BCUT2D eigenvalue weighted by Crippen LogP contribution is 2.13. The lowest BCUT2D eigenvalue weighted by Crippen LogP contribution is -2.13. The average molecular weight is 190 g/mol. The van der Waals surface area contributed by atoms with Gasteiger partial charge in [0.2, 0.25) is 0 Å². The molecule has 0 aliphatic carbocycles. The van der Waals surface area contributed by atoms with Gasteiger partial charge in [0, 0.05) is 6.20 Å². The Bertz CT molecular complexity index is 382. The Morgan fingerprint density at radius 1 is 1.29 bits per heavy atom. The van der Waals surface area contributed by atoms with Gasteiger partial charge in [-0.25, -0.2) is 4.79 Å². The lowest BCUT2D eigenvalue weighted by Gasteiger charge is -2.02. The molecule has 2 rings (SSSR count). The molecule has 0 bridgehead atoms. The maximum Gasteiger partial charge on any atom is 0.335 e. The molecular formula is C10H10N2O2. The molecule has 0 unspecified atom stereocenters. The van der Waals surface area contributed by atoms with Crippen LogP contribution in [0.4, 0.5) is 0 Å². The van der Waals surface area contributed by atoms with Gasteiger partial charge in [-0.05, 0) is 17.7 Å². The molecule has 0 fully saturated rings. The molecule has 0 radical (unpaired) electrons. The summed E-state index contributed by atoms with van der Waals surface area (Å²) in [6, 6.07) is 6.77. The number of nitrogens with one attached hydrogen (secondary N) is 2. The van der Waals surface area contributed by atoms with Gasteiger partial charge in [-0.2, -0.15) is 0 Å². The van der Waals surface area contributed by atoms with Crippen molar-refractivity contribution in [2.75, 3.05) is 6.67 Å². The number of rotatable bonds is 2. The first-order valence-electron chi connectivity index (χ1n) is 4.28. The monoisotopic (exact) mass is 190 g/mol. The zero-order chi connectivity index (χ0) is 9.97. The van der Waals surface area contributed by atoms with Crippen molar-refractivity contribution in [3.8, 4) is 0 Å². The molecule has 0 atom stereocenters. The summed E-state index contributed by atoms with van der Waals surface area (Å²) in [5, 5.41) is 14.8. The molecule has 0 saturated carbocycles. The first kappa shape index (κ1) is 8.62. The maximum absolute atomic E-state index is 10.6. The summed E-state index contributed by atoms with van der Waals surface area (Å²) in [5.41, 5.74) is 2.28. The summed E-state index contributed by atoms with van der Waals surface area (Å²) < 4.78 is 0. The van der Waals surface area contributed by atoms with Crippen LogP contribution in [0.5, 0.6) is 0 Å². The van der Waals surface area contributed by atoms with Crippen LogP contribution >= 0.6 is 0 Å². The number of benzene rings is 1. The third-order valence-electron chi connectivity index (χ3n) is 2.07. The zero-order valence-corrected chi connectivity index (χ0v) is 7.45. The van der Waals surface area contributed by atoms with Gasteiger partial charge < -0.3 is 15.7 Å². The van der Waals surface area contributed by atoms with Crippen molar-refractivity contribution in [2.24, 2.45) is 0 Å². The van der Waals surface area contributed by atoms with Gasteiger partial charge in [-0.3, -0.25) is 0 Å². The van der Waals surface area contributed by atoms with E-state index in [1.807, 2.05) is 6.20 Å². The number of hydrogen-bond donors (Lipinski definition) is 3. The van der Waals surface area contributed by atoms with Gasteiger partial charge in [0.1, 0.15) is 0 Å². The Morgan fingerprint density at radius 3 is 2.50 bits per heavy atom. The standard InChI is InChI=1S/C10H10N2O2/c13-10(14)8-3-1-7(2-4-8)9-5-11-6-12-9/h1-5,11-12H,6H2,(H,13,14). The fourth-order valence-corrected chi connectivity index (χ4v) is 1.33. The fourth-order valence-electron chi connectivity index (χ4n) is 1.33. The van der Waals surface area contributed by atoms with Gasteiger partial charge in [-0.1, -0.05) is 12.1 Å². The largest absolute Gasteiger partial charge is 0.478 e. The van der Waals surface area contributed by atoms with E-state index in [9.17, 15) is 4.79 Å². The molecule has 3 N–H and O–H groups in total. The second kappa shape index (κ2) is 3.41. The third kappa shape index (κ3) is 1.54. The van der Waals surface area contributed by atoms with E-state index in [2.05, 4.69) is 10.6 Å². The van der Waals surface area contributed by atoms with Crippen LogP contribution in [0.2, 0.25) is 0 Å². The predicted molar refractivity (Wildman–Crippen MR) is 52.5 cm³/mol. The Kier molecular flexibility index (Phi) is 2.10. The second-order valence-electron chi connectivity index (χ2n) is 3.00. The van der Waals surface area contributed by atoms with E-state index >= 15 is 0 Å². The van der Waals surface area contributed by atoms with Crippen molar-refractivity contribution in [3.05, 3.63) is 41.6 Å². The third-order valence-corrected chi connectivity index (χ3v) is 2.07. The normalized spacial score (nSPS) is 14.1. The Balaban J connectivity index is 2.25. The minimum Gasteiger partial charge on any atom is -0.478 e. The van der Waals surface area contributed by atoms with Crippen molar-refractivity contribution in [2.45, 2.75) is 0 Å². The van der Waals surface area contributed by atoms with Gasteiger partial charge in [-0.15, -0.1) is 0 Å². The highest BCUT2D eigenvalue weighted by molar-refractivity contribution is 5.88. The molecule has 72 valence electrons. The number of carboxylic acid groups (broad SMARTS) is 1. The molecule has 1 aliphatic heterocycles. The van der Waals surface area contributed by atoms with E-state index in [4.69, 9.17) is 5.11 Å². The first-order chi connectivity index (χ1) is 6.77. The minimum absolute atomic E-state index is 0.306. The predicted octanol–water partition coefficient (Wildman–Crippen LogP) is 0.833. The van der Waals surface area contributed by atoms with E-state index in [1.54, 1.807) is 24.3 Å². The summed E-state index contributed by atoms with van der Waals surface area (Å²) >= 11 is 0. The molecule has 1 aliphatic rings. The average Bonchev–Trinajstić information content (AvgIpc) is 2.71. The molecule has 4 heteroatoms. The number of aromatic carboxylic acids is 1. The quantitative estimate of drug-likeness (QED) is 0.646. The van der Waals surface area contributed by atoms with Crippen LogP contribution in [0.15, 0.2) is 30.5 Å². The Hall–Kier alpha value is -1.97. The lowest BCUT2D eigenvalue weighted by atomic mass is 10.1. The van der Waals surface area contributed by atoms with Crippen LogP contribution in [0.25, 0.3) is 5.70 Å². The summed E-state index contributed by atoms with van der Waals surface area (Å²) in [4.78, 5) is 10.6. The van der Waals surface area contributed by atoms with Gasteiger partial charge in [0.05, 0.1) is 17.9 Å². The molecule has 14 heavy (non-hydrogen) atoms.